The molecule has 8 nitrogen and oxygen atoms in total. The number of fused-ring (bicyclic) bond motifs is 2. The Morgan fingerprint density at radius 3 is 1.85 bits per heavy atom. The molecular formula is C29H20Cl2N4O4S2. The number of carbonyl (C=O) groups excluding carboxylic acids is 1. The maximum atomic E-state index is 13.1. The fraction of sp³-hybridized carbons (Fsp3) is 0.0690. The molecule has 1 unspecified atom stereocenters. The van der Waals surface area contributed by atoms with Gasteiger partial charge in [-0.05, 0) is 60.7 Å². The third-order valence-corrected chi connectivity index (χ3v) is 8.80. The number of pyridine rings is 2. The van der Waals surface area contributed by atoms with E-state index >= 15 is 0 Å². The van der Waals surface area contributed by atoms with E-state index in [1.54, 1.807) is 73.3 Å². The average molecular weight is 624 g/mol. The zero-order valence-electron chi connectivity index (χ0n) is 21.3. The maximum absolute atomic E-state index is 13.1. The van der Waals surface area contributed by atoms with E-state index in [4.69, 9.17) is 43.1 Å². The van der Waals surface area contributed by atoms with E-state index in [1.165, 1.54) is 34.7 Å². The predicted molar refractivity (Wildman–Crippen MR) is 164 cm³/mol. The van der Waals surface area contributed by atoms with Crippen LogP contribution in [0.5, 0.6) is 23.0 Å². The predicted octanol–water partition coefficient (Wildman–Crippen LogP) is 9.03. The SMILES string of the molecule is COC(=O)N(c1cc2c(Oc3ccc(Cl)cc3)cncc2s1)C(N)c1cc2c(Oc3ccc(Cl)cc3)cncc2s1. The molecule has 6 rings (SSSR count). The maximum Gasteiger partial charge on any atom is 0.416 e. The molecule has 0 saturated heterocycles. The number of nitrogens with zero attached hydrogens (tertiary/aromatic N) is 3. The van der Waals surface area contributed by atoms with Crippen LogP contribution in [0.4, 0.5) is 9.80 Å². The number of anilines is 1. The second-order valence-corrected chi connectivity index (χ2v) is 11.8. The van der Waals surface area contributed by atoms with Crippen LogP contribution >= 0.6 is 45.9 Å². The van der Waals surface area contributed by atoms with Crippen LogP contribution in [0, 0.1) is 0 Å². The monoisotopic (exact) mass is 622 g/mol. The van der Waals surface area contributed by atoms with Crippen molar-refractivity contribution in [2.75, 3.05) is 12.0 Å². The summed E-state index contributed by atoms with van der Waals surface area (Å²) in [5.41, 5.74) is 6.74. The molecular weight excluding hydrogens is 603 g/mol. The number of aromatic nitrogens is 2. The molecule has 1 atom stereocenters. The number of hydrogen-bond acceptors (Lipinski definition) is 9. The summed E-state index contributed by atoms with van der Waals surface area (Å²) in [5, 5.41) is 3.38. The summed E-state index contributed by atoms with van der Waals surface area (Å²) >= 11 is 14.8. The Balaban J connectivity index is 1.34. The Kier molecular flexibility index (Phi) is 7.65. The lowest BCUT2D eigenvalue weighted by molar-refractivity contribution is 0.176. The number of carbonyl (C=O) groups is 1. The number of ether oxygens (including phenoxy) is 3. The number of nitrogens with two attached hydrogens (primary N) is 1. The standard InChI is InChI=1S/C29H20Cl2N4O4S2/c1-37-29(36)35(27-11-21-23(13-34-15-26(21)41-27)39-19-8-4-17(31)5-9-19)28(32)24-10-20-22(12-33-14-25(20)40-24)38-18-6-2-16(30)3-7-18/h2-15,28H,32H2,1H3. The van der Waals surface area contributed by atoms with Gasteiger partial charge in [0.05, 0.1) is 28.9 Å². The van der Waals surface area contributed by atoms with E-state index in [0.29, 0.717) is 42.9 Å². The number of hydrogen-bond donors (Lipinski definition) is 1. The van der Waals surface area contributed by atoms with Crippen molar-refractivity contribution in [3.8, 4) is 23.0 Å². The highest BCUT2D eigenvalue weighted by Crippen LogP contribution is 2.43. The van der Waals surface area contributed by atoms with Gasteiger partial charge in [-0.25, -0.2) is 9.69 Å². The zero-order chi connectivity index (χ0) is 28.5. The number of halogens is 2. The van der Waals surface area contributed by atoms with Crippen LogP contribution in [0.15, 0.2) is 85.5 Å². The van der Waals surface area contributed by atoms with E-state index < -0.39 is 12.3 Å². The summed E-state index contributed by atoms with van der Waals surface area (Å²) in [6.07, 6.45) is 5.24. The molecule has 1 amide bonds. The number of benzene rings is 2. The van der Waals surface area contributed by atoms with Crippen molar-refractivity contribution in [2.24, 2.45) is 5.73 Å². The van der Waals surface area contributed by atoms with E-state index in [0.717, 1.165) is 20.2 Å². The van der Waals surface area contributed by atoms with Gasteiger partial charge in [-0.2, -0.15) is 0 Å². The first-order valence-corrected chi connectivity index (χ1v) is 14.5. The van der Waals surface area contributed by atoms with Crippen molar-refractivity contribution in [1.82, 2.24) is 9.97 Å². The van der Waals surface area contributed by atoms with Crippen molar-refractivity contribution in [1.29, 1.82) is 0 Å². The second kappa shape index (κ2) is 11.5. The van der Waals surface area contributed by atoms with Crippen molar-refractivity contribution < 1.29 is 19.0 Å². The van der Waals surface area contributed by atoms with Crippen molar-refractivity contribution in [3.05, 3.63) is 100 Å². The highest BCUT2D eigenvalue weighted by atomic mass is 35.5. The lowest BCUT2D eigenvalue weighted by atomic mass is 10.2. The van der Waals surface area contributed by atoms with Crippen LogP contribution in [-0.2, 0) is 4.74 Å². The molecule has 206 valence electrons. The third-order valence-electron chi connectivity index (χ3n) is 6.09. The third kappa shape index (κ3) is 5.65. The first kappa shape index (κ1) is 27.3. The van der Waals surface area contributed by atoms with Crippen LogP contribution in [-0.4, -0.2) is 23.2 Å². The first-order valence-electron chi connectivity index (χ1n) is 12.1. The highest BCUT2D eigenvalue weighted by molar-refractivity contribution is 7.23. The Morgan fingerprint density at radius 1 is 0.805 bits per heavy atom. The lowest BCUT2D eigenvalue weighted by Crippen LogP contribution is -2.38. The molecule has 4 aromatic heterocycles. The van der Waals surface area contributed by atoms with Crippen molar-refractivity contribution in [3.63, 3.8) is 0 Å². The molecule has 2 aromatic carbocycles. The molecule has 0 bridgehead atoms. The van der Waals surface area contributed by atoms with Gasteiger partial charge in [0.25, 0.3) is 0 Å². The number of rotatable bonds is 7. The molecule has 0 spiro atoms. The van der Waals surface area contributed by atoms with E-state index in [2.05, 4.69) is 9.97 Å². The summed E-state index contributed by atoms with van der Waals surface area (Å²) < 4.78 is 19.0. The topological polar surface area (TPSA) is 99.8 Å². The Bertz CT molecular complexity index is 1860. The van der Waals surface area contributed by atoms with Gasteiger partial charge < -0.3 is 19.9 Å². The molecule has 2 N–H and O–H groups in total. The molecule has 4 heterocycles. The van der Waals surface area contributed by atoms with E-state index in [1.807, 2.05) is 12.1 Å². The quantitative estimate of drug-likeness (QED) is 0.177. The molecule has 6 aromatic rings. The Morgan fingerprint density at radius 2 is 1.32 bits per heavy atom. The molecule has 0 aliphatic carbocycles. The minimum Gasteiger partial charge on any atom is -0.455 e. The minimum absolute atomic E-state index is 0.530. The van der Waals surface area contributed by atoms with Crippen LogP contribution in [0.25, 0.3) is 20.2 Å². The average Bonchev–Trinajstić information content (AvgIpc) is 3.61. The van der Waals surface area contributed by atoms with Crippen LogP contribution < -0.4 is 20.1 Å². The molecule has 0 aliphatic heterocycles. The van der Waals surface area contributed by atoms with Gasteiger partial charge >= 0.3 is 6.09 Å². The molecule has 0 radical (unpaired) electrons. The van der Waals surface area contributed by atoms with Gasteiger partial charge in [0, 0.05) is 38.1 Å². The smallest absolute Gasteiger partial charge is 0.416 e. The highest BCUT2D eigenvalue weighted by Gasteiger charge is 2.29. The Hall–Kier alpha value is -3.93. The largest absolute Gasteiger partial charge is 0.455 e. The van der Waals surface area contributed by atoms with Gasteiger partial charge in [-0.15, -0.1) is 22.7 Å². The fourth-order valence-electron chi connectivity index (χ4n) is 4.13. The summed E-state index contributed by atoms with van der Waals surface area (Å²) in [4.78, 5) is 23.8. The van der Waals surface area contributed by atoms with Crippen molar-refractivity contribution in [2.45, 2.75) is 6.17 Å². The second-order valence-electron chi connectivity index (χ2n) is 8.73. The van der Waals surface area contributed by atoms with Gasteiger partial charge in [-0.1, -0.05) is 23.2 Å². The first-order chi connectivity index (χ1) is 19.9. The van der Waals surface area contributed by atoms with Gasteiger partial charge in [0.1, 0.15) is 22.7 Å². The summed E-state index contributed by atoms with van der Waals surface area (Å²) in [7, 11) is 1.32. The number of amides is 1. The van der Waals surface area contributed by atoms with Gasteiger partial charge in [-0.3, -0.25) is 9.97 Å². The summed E-state index contributed by atoms with van der Waals surface area (Å²) in [6.45, 7) is 0. The van der Waals surface area contributed by atoms with Crippen molar-refractivity contribution >= 4 is 77.1 Å². The number of thiophene rings is 2. The molecule has 41 heavy (non-hydrogen) atoms. The number of methoxy groups -OCH3 is 1. The van der Waals surface area contributed by atoms with Crippen LogP contribution in [0.3, 0.4) is 0 Å². The van der Waals surface area contributed by atoms with E-state index in [-0.39, 0.29) is 0 Å². The van der Waals surface area contributed by atoms with Gasteiger partial charge in [0.15, 0.2) is 11.5 Å². The molecule has 0 aliphatic rings. The molecule has 12 heteroatoms. The lowest BCUT2D eigenvalue weighted by Gasteiger charge is -2.25. The van der Waals surface area contributed by atoms with Crippen LogP contribution in [0.2, 0.25) is 10.0 Å². The fourth-order valence-corrected chi connectivity index (χ4v) is 6.49. The summed E-state index contributed by atoms with van der Waals surface area (Å²) in [6, 6.07) is 17.8. The normalized spacial score (nSPS) is 11.9. The minimum atomic E-state index is -0.857. The van der Waals surface area contributed by atoms with Gasteiger partial charge in [0.2, 0.25) is 0 Å². The zero-order valence-corrected chi connectivity index (χ0v) is 24.4. The Labute approximate surface area is 252 Å². The van der Waals surface area contributed by atoms with E-state index in [9.17, 15) is 4.79 Å². The van der Waals surface area contributed by atoms with Crippen LogP contribution in [0.1, 0.15) is 11.0 Å². The molecule has 0 saturated carbocycles. The summed E-state index contributed by atoms with van der Waals surface area (Å²) in [5.74, 6) is 2.31. The molecule has 0 fully saturated rings.